The van der Waals surface area contributed by atoms with Crippen LogP contribution in [0.5, 0.6) is 0 Å². The Morgan fingerprint density at radius 3 is 1.69 bits per heavy atom. The fourth-order valence-corrected chi connectivity index (χ4v) is 9.84. The van der Waals surface area contributed by atoms with Gasteiger partial charge in [0.05, 0.1) is 35.8 Å². The lowest BCUT2D eigenvalue weighted by molar-refractivity contribution is -0.197. The zero-order valence-corrected chi connectivity index (χ0v) is 28.6. The zero-order chi connectivity index (χ0) is 34.4. The molecule has 5 fully saturated rings. The summed E-state index contributed by atoms with van der Waals surface area (Å²) in [5, 5.41) is 13.0. The molecule has 6 rings (SSSR count). The maximum Gasteiger partial charge on any atom is 0.333 e. The number of carbonyl (C=O) groups excluding carboxylic acids is 8. The summed E-state index contributed by atoms with van der Waals surface area (Å²) in [4.78, 5) is 102. The molecule has 0 bridgehead atoms. The van der Waals surface area contributed by atoms with Crippen LogP contribution in [-0.2, 0) is 38.4 Å². The summed E-state index contributed by atoms with van der Waals surface area (Å²) in [6.45, 7) is 0. The molecule has 0 saturated carbocycles. The van der Waals surface area contributed by atoms with Crippen LogP contribution < -0.4 is 21.3 Å². The first-order valence-corrected chi connectivity index (χ1v) is 19.2. The van der Waals surface area contributed by atoms with Gasteiger partial charge in [-0.3, -0.25) is 19.2 Å². The van der Waals surface area contributed by atoms with E-state index in [-0.39, 0.29) is 55.5 Å². The number of urea groups is 2. The molecule has 0 aromatic carbocycles. The Kier molecular flexibility index (Phi) is 12.2. The van der Waals surface area contributed by atoms with Gasteiger partial charge >= 0.3 is 24.0 Å². The zero-order valence-electron chi connectivity index (χ0n) is 26.2. The van der Waals surface area contributed by atoms with E-state index in [0.717, 1.165) is 49.3 Å². The topological polar surface area (TPSA) is 210 Å². The number of rotatable bonds is 13. The lowest BCUT2D eigenvalue weighted by atomic mass is 10.0. The number of hydrogen-bond acceptors (Lipinski definition) is 13. The van der Waals surface area contributed by atoms with Gasteiger partial charge in [0.25, 0.3) is 23.6 Å². The highest BCUT2D eigenvalue weighted by atomic mass is 32.2. The molecule has 5 saturated heterocycles. The molecule has 6 aliphatic heterocycles. The summed E-state index contributed by atoms with van der Waals surface area (Å²) in [6.07, 6.45) is 8.91. The van der Waals surface area contributed by atoms with Crippen molar-refractivity contribution in [1.82, 2.24) is 31.4 Å². The molecule has 4 N–H and O–H groups in total. The molecule has 0 aromatic rings. The fourth-order valence-electron chi connectivity index (χ4n) is 6.15. The van der Waals surface area contributed by atoms with Crippen molar-refractivity contribution in [3.8, 4) is 0 Å². The lowest BCUT2D eigenvalue weighted by Gasteiger charge is -2.16. The van der Waals surface area contributed by atoms with Gasteiger partial charge in [-0.15, -0.1) is 5.06 Å². The van der Waals surface area contributed by atoms with E-state index in [1.807, 2.05) is 23.5 Å². The minimum Gasteiger partial charge on any atom is -0.332 e. The normalized spacial score (nSPS) is 30.0. The molecule has 19 heteroatoms. The van der Waals surface area contributed by atoms with Gasteiger partial charge in [-0.2, -0.15) is 35.3 Å². The third kappa shape index (κ3) is 8.76. The second-order valence-electron chi connectivity index (χ2n) is 11.9. The molecule has 48 heavy (non-hydrogen) atoms. The van der Waals surface area contributed by atoms with E-state index in [0.29, 0.717) is 33.5 Å². The number of thioether (sulfide) groups is 3. The van der Waals surface area contributed by atoms with Crippen LogP contribution in [0, 0.1) is 0 Å². The summed E-state index contributed by atoms with van der Waals surface area (Å²) in [5.74, 6) is -1.53. The SMILES string of the molecule is CSC1CC(=O)N(OC(=O)CCCC[C@@H]2SC[C@@H]3NC(=O)N[C@@H]32)C1=O.O=C1N[C@H]2[C@H](CS[C@H]2CCCCC(=O)ON2C(=O)C=CC2=O)N1. The number of amides is 8. The Balaban J connectivity index is 0.000000188. The average molecular weight is 727 g/mol. The lowest BCUT2D eigenvalue weighted by Crippen LogP contribution is -2.36. The minimum atomic E-state index is -0.638. The van der Waals surface area contributed by atoms with Crippen LogP contribution in [-0.4, -0.2) is 115 Å². The second-order valence-corrected chi connectivity index (χ2v) is 15.5. The van der Waals surface area contributed by atoms with E-state index in [1.165, 1.54) is 11.8 Å². The largest absolute Gasteiger partial charge is 0.333 e. The van der Waals surface area contributed by atoms with Crippen molar-refractivity contribution in [2.45, 2.75) is 97.7 Å². The Morgan fingerprint density at radius 1 is 0.750 bits per heavy atom. The summed E-state index contributed by atoms with van der Waals surface area (Å²) in [6, 6.07) is 0.499. The Morgan fingerprint density at radius 2 is 1.23 bits per heavy atom. The van der Waals surface area contributed by atoms with Crippen LogP contribution in [0.1, 0.15) is 57.8 Å². The van der Waals surface area contributed by atoms with Crippen molar-refractivity contribution in [3.63, 3.8) is 0 Å². The fraction of sp³-hybridized carbons (Fsp3) is 0.655. The van der Waals surface area contributed by atoms with Crippen molar-refractivity contribution in [1.29, 1.82) is 0 Å². The monoisotopic (exact) mass is 726 g/mol. The summed E-state index contributed by atoms with van der Waals surface area (Å²) >= 11 is 4.93. The molecule has 262 valence electrons. The number of imide groups is 2. The quantitative estimate of drug-likeness (QED) is 0.118. The van der Waals surface area contributed by atoms with E-state index in [1.54, 1.807) is 6.26 Å². The van der Waals surface area contributed by atoms with Gasteiger partial charge in [-0.1, -0.05) is 17.9 Å². The summed E-state index contributed by atoms with van der Waals surface area (Å²) < 4.78 is 0. The van der Waals surface area contributed by atoms with E-state index < -0.39 is 40.8 Å². The smallest absolute Gasteiger partial charge is 0.332 e. The van der Waals surface area contributed by atoms with Gasteiger partial charge in [0.2, 0.25) is 0 Å². The number of unbranched alkanes of at least 4 members (excludes halogenated alkanes) is 2. The molecule has 16 nitrogen and oxygen atoms in total. The third-order valence-electron chi connectivity index (χ3n) is 8.62. The predicted molar refractivity (Wildman–Crippen MR) is 175 cm³/mol. The van der Waals surface area contributed by atoms with Crippen molar-refractivity contribution >= 4 is 82.9 Å². The van der Waals surface area contributed by atoms with Gasteiger partial charge in [-0.05, 0) is 31.9 Å². The molecule has 1 unspecified atom stereocenters. The molecular weight excluding hydrogens is 689 g/mol. The Bertz CT molecular complexity index is 1350. The number of fused-ring (bicyclic) bond motifs is 2. The molecule has 0 radical (unpaired) electrons. The number of nitrogens with one attached hydrogen (secondary N) is 4. The van der Waals surface area contributed by atoms with Crippen LogP contribution in [0.4, 0.5) is 9.59 Å². The van der Waals surface area contributed by atoms with Gasteiger partial charge in [-0.25, -0.2) is 19.2 Å². The third-order valence-corrected chi connectivity index (χ3v) is 12.6. The molecule has 0 aliphatic carbocycles. The highest BCUT2D eigenvalue weighted by Gasteiger charge is 2.44. The molecular formula is C29H38N6O10S3. The molecule has 0 aromatic heterocycles. The van der Waals surface area contributed by atoms with Gasteiger partial charge in [0.1, 0.15) is 0 Å². The molecule has 7 atom stereocenters. The molecule has 8 amide bonds. The highest BCUT2D eigenvalue weighted by Crippen LogP contribution is 2.34. The molecule has 6 heterocycles. The van der Waals surface area contributed by atoms with Crippen LogP contribution >= 0.6 is 35.3 Å². The molecule has 6 aliphatic rings. The maximum absolute atomic E-state index is 11.9. The number of hydrogen-bond donors (Lipinski definition) is 4. The van der Waals surface area contributed by atoms with E-state index in [4.69, 9.17) is 9.68 Å². The average Bonchev–Trinajstić information content (AvgIpc) is 3.89. The number of hydroxylamine groups is 4. The van der Waals surface area contributed by atoms with Crippen molar-refractivity contribution < 1.29 is 48.0 Å². The minimum absolute atomic E-state index is 0.0779. The number of carbonyl (C=O) groups is 8. The standard InChI is InChI=1S/C15H21N3O5S2.C14H17N3O5S/c1-24-10-6-11(19)18(14(10)21)23-12(20)5-3-2-4-9-13-8(7-25-9)16-15(22)17-13;18-10-5-6-11(19)17(10)22-12(20)4-2-1-3-9-13-8(7-23-9)15-14(21)16-13/h8-10,13H,2-7H2,1H3,(H2,16,17,22);5-6,8-9,13H,1-4,7H2,(H2,15,16,21)/t8-,9-,10?,13-;8-,9-,13-/m00/s1. The predicted octanol–water partition coefficient (Wildman–Crippen LogP) is 0.756. The summed E-state index contributed by atoms with van der Waals surface area (Å²) in [5.41, 5.74) is 0. The molecule has 0 spiro atoms. The Labute approximate surface area is 289 Å². The van der Waals surface area contributed by atoms with Gasteiger partial charge < -0.3 is 30.9 Å². The van der Waals surface area contributed by atoms with E-state index in [2.05, 4.69) is 21.3 Å². The van der Waals surface area contributed by atoms with Crippen molar-refractivity contribution in [2.24, 2.45) is 0 Å². The number of nitrogens with zero attached hydrogens (tertiary/aromatic N) is 2. The maximum atomic E-state index is 11.9. The van der Waals surface area contributed by atoms with Crippen LogP contribution in [0.15, 0.2) is 12.2 Å². The highest BCUT2D eigenvalue weighted by molar-refractivity contribution is 8.00. The second kappa shape index (κ2) is 16.3. The van der Waals surface area contributed by atoms with E-state index >= 15 is 0 Å². The van der Waals surface area contributed by atoms with Crippen LogP contribution in [0.3, 0.4) is 0 Å². The Hall–Kier alpha value is -3.45. The van der Waals surface area contributed by atoms with E-state index in [9.17, 15) is 38.4 Å². The van der Waals surface area contributed by atoms with Crippen LogP contribution in [0.25, 0.3) is 0 Å². The van der Waals surface area contributed by atoms with Gasteiger partial charge in [0, 0.05) is 47.0 Å². The van der Waals surface area contributed by atoms with Crippen molar-refractivity contribution in [3.05, 3.63) is 12.2 Å². The first-order chi connectivity index (χ1) is 23.0. The van der Waals surface area contributed by atoms with Gasteiger partial charge in [0.15, 0.2) is 0 Å². The summed E-state index contributed by atoms with van der Waals surface area (Å²) in [7, 11) is 0. The first kappa shape index (κ1) is 35.8. The van der Waals surface area contributed by atoms with Crippen LogP contribution in [0.2, 0.25) is 0 Å². The van der Waals surface area contributed by atoms with Crippen molar-refractivity contribution in [2.75, 3.05) is 17.8 Å². The first-order valence-electron chi connectivity index (χ1n) is 15.8.